The minimum absolute atomic E-state index is 1.23. The molecular weight excluding hydrogens is 577 g/mol. The molecule has 0 atom stereocenters. The topological polar surface area (TPSA) is 0 Å². The summed E-state index contributed by atoms with van der Waals surface area (Å²) in [4.78, 5) is 0. The Bertz CT molecular complexity index is 2810. The third-order valence-electron chi connectivity index (χ3n) is 10.2. The lowest BCUT2D eigenvalue weighted by Gasteiger charge is -2.22. The average molecular weight is 607 g/mol. The van der Waals surface area contributed by atoms with Crippen LogP contribution in [-0.2, 0) is 0 Å². The van der Waals surface area contributed by atoms with Crippen LogP contribution in [0.25, 0.3) is 98.4 Å². The SMILES string of the molecule is c1ccc(-c2ccccc2-c2ccc3c4c2cccc4c2cccc4c(-c5ccccc5-c5ccccc5)c5ccccc5c3c42)cc1. The van der Waals surface area contributed by atoms with Gasteiger partial charge in [0.1, 0.15) is 0 Å². The molecule has 0 nitrogen and oxygen atoms in total. The molecule has 10 rings (SSSR count). The molecule has 48 heavy (non-hydrogen) atoms. The van der Waals surface area contributed by atoms with E-state index in [0.29, 0.717) is 0 Å². The van der Waals surface area contributed by atoms with E-state index in [1.54, 1.807) is 0 Å². The molecule has 0 saturated carbocycles. The van der Waals surface area contributed by atoms with Crippen LogP contribution < -0.4 is 0 Å². The lowest BCUT2D eigenvalue weighted by molar-refractivity contribution is 1.60. The normalized spacial score (nSPS) is 11.8. The van der Waals surface area contributed by atoms with Crippen LogP contribution in [0.15, 0.2) is 182 Å². The fraction of sp³-hybridized carbons (Fsp3) is 0. The van der Waals surface area contributed by atoms with Gasteiger partial charge in [0.05, 0.1) is 0 Å². The first-order chi connectivity index (χ1) is 23.9. The van der Waals surface area contributed by atoms with Gasteiger partial charge in [-0.1, -0.05) is 182 Å². The summed E-state index contributed by atoms with van der Waals surface area (Å²) in [5, 5.41) is 13.1. The predicted octanol–water partition coefficient (Wildman–Crippen LogP) is 13.6. The molecule has 222 valence electrons. The highest BCUT2D eigenvalue weighted by molar-refractivity contribution is 6.41. The molecule has 0 heteroatoms. The lowest BCUT2D eigenvalue weighted by atomic mass is 9.81. The van der Waals surface area contributed by atoms with Gasteiger partial charge in [0.15, 0.2) is 0 Å². The standard InChI is InChI=1S/C48H30/c1-3-15-31(16-4-1)33-19-7-9-21-35(33)36-29-30-44-46-38(36)25-13-26-40(46)42-27-14-28-43-45(39-23-11-12-24-41(39)48(44)47(42)43)37-22-10-8-20-34(37)32-17-5-2-6-18-32/h1-30H. The number of hydrogen-bond donors (Lipinski definition) is 0. The molecule has 0 unspecified atom stereocenters. The summed E-state index contributed by atoms with van der Waals surface area (Å²) in [5.74, 6) is 0. The van der Waals surface area contributed by atoms with Crippen molar-refractivity contribution in [3.63, 3.8) is 0 Å². The molecule has 0 aliphatic heterocycles. The first-order valence-electron chi connectivity index (χ1n) is 16.7. The van der Waals surface area contributed by atoms with Gasteiger partial charge in [0.2, 0.25) is 0 Å². The minimum Gasteiger partial charge on any atom is -0.0622 e. The Hall–Kier alpha value is -6.24. The maximum absolute atomic E-state index is 2.39. The van der Waals surface area contributed by atoms with Crippen molar-refractivity contribution in [3.8, 4) is 44.5 Å². The Balaban J connectivity index is 1.35. The summed E-state index contributed by atoms with van der Waals surface area (Å²) in [7, 11) is 0. The molecule has 0 aliphatic carbocycles. The third-order valence-corrected chi connectivity index (χ3v) is 10.2. The molecule has 10 aromatic rings. The van der Waals surface area contributed by atoms with Crippen LogP contribution in [0.3, 0.4) is 0 Å². The van der Waals surface area contributed by atoms with Crippen LogP contribution in [0, 0.1) is 0 Å². The van der Waals surface area contributed by atoms with E-state index < -0.39 is 0 Å². The van der Waals surface area contributed by atoms with Crippen LogP contribution in [-0.4, -0.2) is 0 Å². The van der Waals surface area contributed by atoms with Crippen molar-refractivity contribution in [1.82, 2.24) is 0 Å². The summed E-state index contributed by atoms with van der Waals surface area (Å²) in [6.07, 6.45) is 0. The Morgan fingerprint density at radius 1 is 0.188 bits per heavy atom. The van der Waals surface area contributed by atoms with Crippen molar-refractivity contribution in [1.29, 1.82) is 0 Å². The van der Waals surface area contributed by atoms with E-state index in [-0.39, 0.29) is 0 Å². The van der Waals surface area contributed by atoms with Crippen LogP contribution >= 0.6 is 0 Å². The van der Waals surface area contributed by atoms with Crippen molar-refractivity contribution in [3.05, 3.63) is 182 Å². The van der Waals surface area contributed by atoms with E-state index in [1.165, 1.54) is 98.4 Å². The summed E-state index contributed by atoms with van der Waals surface area (Å²) < 4.78 is 0. The fourth-order valence-corrected chi connectivity index (χ4v) is 8.26. The van der Waals surface area contributed by atoms with E-state index in [9.17, 15) is 0 Å². The second-order valence-corrected chi connectivity index (χ2v) is 12.7. The molecule has 10 aromatic carbocycles. The molecule has 0 aliphatic rings. The summed E-state index contributed by atoms with van der Waals surface area (Å²) in [6.45, 7) is 0. The highest BCUT2D eigenvalue weighted by Gasteiger charge is 2.22. The summed E-state index contributed by atoms with van der Waals surface area (Å²) in [5.41, 5.74) is 10.1. The van der Waals surface area contributed by atoms with Gasteiger partial charge < -0.3 is 0 Å². The number of rotatable bonds is 4. The van der Waals surface area contributed by atoms with Gasteiger partial charge in [-0.15, -0.1) is 0 Å². The Labute approximate surface area is 279 Å². The predicted molar refractivity (Wildman–Crippen MR) is 207 cm³/mol. The Kier molecular flexibility index (Phi) is 5.98. The zero-order valence-electron chi connectivity index (χ0n) is 26.3. The maximum atomic E-state index is 2.39. The van der Waals surface area contributed by atoms with E-state index in [1.807, 2.05) is 0 Å². The molecule has 0 radical (unpaired) electrons. The molecule has 0 aromatic heterocycles. The van der Waals surface area contributed by atoms with Crippen LogP contribution in [0.1, 0.15) is 0 Å². The van der Waals surface area contributed by atoms with E-state index in [2.05, 4.69) is 182 Å². The first kappa shape index (κ1) is 26.9. The first-order valence-corrected chi connectivity index (χ1v) is 16.7. The van der Waals surface area contributed by atoms with Gasteiger partial charge >= 0.3 is 0 Å². The van der Waals surface area contributed by atoms with Crippen molar-refractivity contribution < 1.29 is 0 Å². The van der Waals surface area contributed by atoms with Gasteiger partial charge in [0.25, 0.3) is 0 Å². The molecule has 0 fully saturated rings. The van der Waals surface area contributed by atoms with Crippen LogP contribution in [0.4, 0.5) is 0 Å². The molecule has 0 bridgehead atoms. The second kappa shape index (κ2) is 10.7. The zero-order chi connectivity index (χ0) is 31.6. The monoisotopic (exact) mass is 606 g/mol. The zero-order valence-corrected chi connectivity index (χ0v) is 26.3. The van der Waals surface area contributed by atoms with Gasteiger partial charge in [-0.3, -0.25) is 0 Å². The summed E-state index contributed by atoms with van der Waals surface area (Å²) in [6, 6.07) is 66.8. The lowest BCUT2D eigenvalue weighted by Crippen LogP contribution is -1.94. The van der Waals surface area contributed by atoms with Crippen molar-refractivity contribution in [2.45, 2.75) is 0 Å². The quantitative estimate of drug-likeness (QED) is 0.138. The van der Waals surface area contributed by atoms with Crippen molar-refractivity contribution in [2.75, 3.05) is 0 Å². The van der Waals surface area contributed by atoms with Gasteiger partial charge in [0, 0.05) is 0 Å². The van der Waals surface area contributed by atoms with Crippen LogP contribution in [0.2, 0.25) is 0 Å². The van der Waals surface area contributed by atoms with E-state index in [0.717, 1.165) is 0 Å². The van der Waals surface area contributed by atoms with Gasteiger partial charge in [-0.05, 0) is 98.4 Å². The smallest absolute Gasteiger partial charge is 0.00137 e. The number of fused-ring (bicyclic) bond motifs is 4. The largest absolute Gasteiger partial charge is 0.0622 e. The average Bonchev–Trinajstić information content (AvgIpc) is 3.17. The highest BCUT2D eigenvalue weighted by Crippen LogP contribution is 2.50. The second-order valence-electron chi connectivity index (χ2n) is 12.7. The molecular formula is C48H30. The molecule has 0 heterocycles. The molecule has 0 spiro atoms. The molecule has 0 amide bonds. The highest BCUT2D eigenvalue weighted by atomic mass is 14.2. The van der Waals surface area contributed by atoms with E-state index >= 15 is 0 Å². The Morgan fingerprint density at radius 2 is 0.625 bits per heavy atom. The van der Waals surface area contributed by atoms with Gasteiger partial charge in [-0.25, -0.2) is 0 Å². The molecule has 0 N–H and O–H groups in total. The number of hydrogen-bond acceptors (Lipinski definition) is 0. The maximum Gasteiger partial charge on any atom is -0.00137 e. The van der Waals surface area contributed by atoms with E-state index in [4.69, 9.17) is 0 Å². The van der Waals surface area contributed by atoms with Gasteiger partial charge in [-0.2, -0.15) is 0 Å². The summed E-state index contributed by atoms with van der Waals surface area (Å²) >= 11 is 0. The fourth-order valence-electron chi connectivity index (χ4n) is 8.26. The van der Waals surface area contributed by atoms with Crippen molar-refractivity contribution in [2.24, 2.45) is 0 Å². The number of benzene rings is 10. The minimum atomic E-state index is 1.23. The molecule has 0 saturated heterocycles. The van der Waals surface area contributed by atoms with Crippen LogP contribution in [0.5, 0.6) is 0 Å². The Morgan fingerprint density at radius 3 is 1.31 bits per heavy atom. The van der Waals surface area contributed by atoms with Crippen molar-refractivity contribution >= 4 is 53.9 Å². The third kappa shape index (κ3) is 3.90.